The van der Waals surface area contributed by atoms with Crippen LogP contribution in [-0.4, -0.2) is 76.3 Å². The predicted octanol–water partition coefficient (Wildman–Crippen LogP) is -0.166. The van der Waals surface area contributed by atoms with Crippen LogP contribution in [-0.2, 0) is 25.4 Å². The Hall–Kier alpha value is -3.10. The molecule has 1 heterocycles. The van der Waals surface area contributed by atoms with Crippen LogP contribution in [0.4, 0.5) is 4.79 Å². The molecule has 0 saturated carbocycles. The van der Waals surface area contributed by atoms with Gasteiger partial charge in [0.1, 0.15) is 12.6 Å². The number of phenols is 2. The number of hydrazine groups is 1. The minimum Gasteiger partial charge on any atom is -0.772 e. The maximum Gasteiger partial charge on any atom is 0.426 e. The van der Waals surface area contributed by atoms with Gasteiger partial charge in [0, 0.05) is 18.5 Å². The van der Waals surface area contributed by atoms with Crippen LogP contribution < -0.4 is 10.9 Å². The van der Waals surface area contributed by atoms with Crippen molar-refractivity contribution in [3.05, 3.63) is 22.7 Å². The summed E-state index contributed by atoms with van der Waals surface area (Å²) in [4.78, 5) is 48.5. The second-order valence-corrected chi connectivity index (χ2v) is 8.93. The van der Waals surface area contributed by atoms with E-state index >= 15 is 0 Å². The van der Waals surface area contributed by atoms with E-state index in [2.05, 4.69) is 0 Å². The first kappa shape index (κ1) is 25.2. The van der Waals surface area contributed by atoms with Crippen molar-refractivity contribution in [2.24, 2.45) is 0 Å². The van der Waals surface area contributed by atoms with E-state index in [0.29, 0.717) is 0 Å². The van der Waals surface area contributed by atoms with Crippen LogP contribution >= 0.6 is 11.6 Å². The first-order chi connectivity index (χ1) is 14.8. The molecule has 0 radical (unpaired) electrons. The molecule has 1 aromatic carbocycles. The Labute approximate surface area is 188 Å². The molecule has 176 valence electrons. The van der Waals surface area contributed by atoms with Gasteiger partial charge in [-0.2, -0.15) is 0 Å². The van der Waals surface area contributed by atoms with E-state index in [4.69, 9.17) is 16.3 Å². The number of carboxylic acids is 1. The molecule has 1 fully saturated rings. The van der Waals surface area contributed by atoms with Crippen molar-refractivity contribution in [3.8, 4) is 11.5 Å². The number of carboxylic acid groups (broad SMARTS) is 1. The van der Waals surface area contributed by atoms with Gasteiger partial charge in [-0.3, -0.25) is 19.2 Å². The lowest BCUT2D eigenvalue weighted by molar-refractivity contribution is -0.163. The van der Waals surface area contributed by atoms with Gasteiger partial charge in [0.15, 0.2) is 11.5 Å². The number of hydrogen-bond donors (Lipinski definition) is 5. The lowest BCUT2D eigenvalue weighted by Crippen LogP contribution is -2.68. The molecule has 2 rings (SSSR count). The largest absolute Gasteiger partial charge is 0.772 e. The lowest BCUT2D eigenvalue weighted by Gasteiger charge is -2.49. The molecular formula is C17H19ClN3O10S-. The maximum atomic E-state index is 12.1. The van der Waals surface area contributed by atoms with E-state index in [1.807, 2.05) is 5.43 Å². The normalized spacial score (nSPS) is 19.2. The number of nitrogens with zero attached hydrogens (tertiary/aromatic N) is 1. The van der Waals surface area contributed by atoms with Crippen molar-refractivity contribution in [1.29, 1.82) is 0 Å². The zero-order valence-electron chi connectivity index (χ0n) is 16.7. The van der Waals surface area contributed by atoms with Crippen molar-refractivity contribution >= 4 is 46.6 Å². The molecule has 1 aliphatic heterocycles. The van der Waals surface area contributed by atoms with Gasteiger partial charge in [-0.25, -0.2) is 15.0 Å². The summed E-state index contributed by atoms with van der Waals surface area (Å²) in [6, 6.07) is -0.617. The Bertz CT molecular complexity index is 990. The van der Waals surface area contributed by atoms with E-state index in [-0.39, 0.29) is 17.0 Å². The SMILES string of the molecule is C[C@@H]1CC(=O)N1[C@@H](C(=O)O)[C@](C)(COC(=O)NNC(=O)c1cc(O)c(O)cc1Cl)S(=O)[O-]. The number of carbonyl (C=O) groups is 4. The molecule has 1 saturated heterocycles. The van der Waals surface area contributed by atoms with Crippen LogP contribution in [0.3, 0.4) is 0 Å². The van der Waals surface area contributed by atoms with Crippen LogP contribution in [0, 0.1) is 0 Å². The molecule has 4 atom stereocenters. The third kappa shape index (κ3) is 5.03. The average molecular weight is 493 g/mol. The highest BCUT2D eigenvalue weighted by Gasteiger charge is 2.52. The molecular weight excluding hydrogens is 474 g/mol. The Morgan fingerprint density at radius 1 is 1.34 bits per heavy atom. The Kier molecular flexibility index (Phi) is 7.54. The van der Waals surface area contributed by atoms with Crippen LogP contribution in [0.5, 0.6) is 11.5 Å². The van der Waals surface area contributed by atoms with E-state index in [1.54, 1.807) is 12.3 Å². The number of likely N-dealkylation sites (tertiary alicyclic amines) is 1. The number of amides is 3. The highest BCUT2D eigenvalue weighted by molar-refractivity contribution is 7.80. The van der Waals surface area contributed by atoms with Crippen molar-refractivity contribution in [2.75, 3.05) is 6.61 Å². The van der Waals surface area contributed by atoms with Crippen LogP contribution in [0.1, 0.15) is 30.6 Å². The van der Waals surface area contributed by atoms with Crippen LogP contribution in [0.15, 0.2) is 12.1 Å². The van der Waals surface area contributed by atoms with Crippen LogP contribution in [0.25, 0.3) is 0 Å². The molecule has 32 heavy (non-hydrogen) atoms. The second-order valence-electron chi connectivity index (χ2n) is 7.12. The van der Waals surface area contributed by atoms with E-state index < -0.39 is 69.9 Å². The van der Waals surface area contributed by atoms with Gasteiger partial charge < -0.3 is 29.5 Å². The molecule has 0 aromatic heterocycles. The highest BCUT2D eigenvalue weighted by Crippen LogP contribution is 2.32. The smallest absolute Gasteiger partial charge is 0.426 e. The second kappa shape index (κ2) is 9.58. The summed E-state index contributed by atoms with van der Waals surface area (Å²) in [6.45, 7) is 1.58. The summed E-state index contributed by atoms with van der Waals surface area (Å²) in [5.74, 6) is -4.40. The van der Waals surface area contributed by atoms with Gasteiger partial charge >= 0.3 is 12.1 Å². The maximum absolute atomic E-state index is 12.1. The monoisotopic (exact) mass is 492 g/mol. The Balaban J connectivity index is 2.06. The first-order valence-corrected chi connectivity index (χ1v) is 10.3. The van der Waals surface area contributed by atoms with Crippen molar-refractivity contribution in [1.82, 2.24) is 15.8 Å². The fourth-order valence-corrected chi connectivity index (χ4v) is 3.82. The van der Waals surface area contributed by atoms with Gasteiger partial charge in [0.05, 0.1) is 15.3 Å². The van der Waals surface area contributed by atoms with Gasteiger partial charge in [-0.1, -0.05) is 11.6 Å². The number of benzene rings is 1. The molecule has 1 unspecified atom stereocenters. The molecule has 0 bridgehead atoms. The number of β-lactam (4-membered cyclic amide) rings is 1. The van der Waals surface area contributed by atoms with Crippen molar-refractivity contribution in [2.45, 2.75) is 37.1 Å². The third-order valence-corrected chi connectivity index (χ3v) is 6.20. The zero-order chi connectivity index (χ0) is 24.4. The topological polar surface area (TPSA) is 206 Å². The van der Waals surface area contributed by atoms with E-state index in [1.165, 1.54) is 0 Å². The van der Waals surface area contributed by atoms with Gasteiger partial charge in [-0.05, 0) is 31.0 Å². The van der Waals surface area contributed by atoms with Gasteiger partial charge in [0.2, 0.25) is 5.91 Å². The van der Waals surface area contributed by atoms with Crippen molar-refractivity contribution < 1.29 is 48.0 Å². The molecule has 1 aromatic rings. The minimum atomic E-state index is -3.09. The third-order valence-electron chi connectivity index (χ3n) is 4.78. The number of hydrogen-bond acceptors (Lipinski definition) is 9. The fraction of sp³-hybridized carbons (Fsp3) is 0.412. The summed E-state index contributed by atoms with van der Waals surface area (Å²) < 4.78 is 26.2. The number of ether oxygens (including phenoxy) is 1. The fourth-order valence-electron chi connectivity index (χ4n) is 3.03. The molecule has 0 spiro atoms. The number of carbonyl (C=O) groups excluding carboxylic acids is 3. The molecule has 13 nitrogen and oxygen atoms in total. The number of rotatable bonds is 7. The predicted molar refractivity (Wildman–Crippen MR) is 106 cm³/mol. The zero-order valence-corrected chi connectivity index (χ0v) is 18.2. The summed E-state index contributed by atoms with van der Waals surface area (Å²) in [7, 11) is 0. The standard InChI is InChI=1S/C17H20ClN3O10S/c1-7-3-12(24)21(7)13(15(26)27)17(2,32(29)30)6-31-16(28)20-19-14(25)8-4-10(22)11(23)5-9(8)18/h4-5,7,13,22-23H,3,6H2,1-2H3,(H,19,25)(H,20,28)(H,26,27)(H,29,30)/p-1/t7-,13+,17+/m1/s1. The number of nitrogens with one attached hydrogen (secondary N) is 2. The average Bonchev–Trinajstić information content (AvgIpc) is 2.70. The summed E-state index contributed by atoms with van der Waals surface area (Å²) in [6.07, 6.45) is -1.30. The molecule has 15 heteroatoms. The lowest BCUT2D eigenvalue weighted by atomic mass is 9.92. The van der Waals surface area contributed by atoms with Crippen LogP contribution in [0.2, 0.25) is 5.02 Å². The first-order valence-electron chi connectivity index (χ1n) is 8.87. The highest BCUT2D eigenvalue weighted by atomic mass is 35.5. The van der Waals surface area contributed by atoms with E-state index in [9.17, 15) is 43.3 Å². The Morgan fingerprint density at radius 2 is 1.94 bits per heavy atom. The molecule has 0 aliphatic carbocycles. The minimum absolute atomic E-state index is 0.0497. The molecule has 3 amide bonds. The molecule has 5 N–H and O–H groups in total. The Morgan fingerprint density at radius 3 is 2.44 bits per heavy atom. The van der Waals surface area contributed by atoms with Gasteiger partial charge in [-0.15, -0.1) is 0 Å². The number of halogens is 1. The quantitative estimate of drug-likeness (QED) is 0.147. The van der Waals surface area contributed by atoms with Crippen molar-refractivity contribution in [3.63, 3.8) is 0 Å². The molecule has 1 aliphatic rings. The van der Waals surface area contributed by atoms with E-state index in [0.717, 1.165) is 24.0 Å². The number of aliphatic carboxylic acids is 1. The summed E-state index contributed by atoms with van der Waals surface area (Å²) in [5, 5.41) is 28.0. The summed E-state index contributed by atoms with van der Waals surface area (Å²) in [5.41, 5.74) is 3.38. The number of aromatic hydroxyl groups is 2. The number of phenolic OH excluding ortho intramolecular Hbond substituents is 2. The van der Waals surface area contributed by atoms with Gasteiger partial charge in [0.25, 0.3) is 5.91 Å². The summed E-state index contributed by atoms with van der Waals surface area (Å²) >= 11 is 2.68.